The summed E-state index contributed by atoms with van der Waals surface area (Å²) in [6.45, 7) is 2.02. The summed E-state index contributed by atoms with van der Waals surface area (Å²) >= 11 is 2.25. The van der Waals surface area contributed by atoms with Crippen molar-refractivity contribution in [2.45, 2.75) is 19.4 Å². The molecule has 2 rings (SSSR count). The van der Waals surface area contributed by atoms with Crippen molar-refractivity contribution in [1.29, 1.82) is 0 Å². The number of aromatic nitrogens is 1. The summed E-state index contributed by atoms with van der Waals surface area (Å²) in [4.78, 5) is 4.29. The first-order valence-electron chi connectivity index (χ1n) is 5.52. The lowest BCUT2D eigenvalue weighted by atomic mass is 10.0. The first kappa shape index (κ1) is 12.5. The fourth-order valence-corrected chi connectivity index (χ4v) is 1.96. The fourth-order valence-electron chi connectivity index (χ4n) is 1.70. The highest BCUT2D eigenvalue weighted by atomic mass is 127. The molecular formula is C14H14INO. The van der Waals surface area contributed by atoms with Gasteiger partial charge in [0.05, 0.1) is 11.6 Å². The van der Waals surface area contributed by atoms with E-state index in [1.165, 1.54) is 3.58 Å². The number of hydrogen-bond donors (Lipinski definition) is 1. The molecular weight excluding hydrogens is 325 g/mol. The molecule has 2 aromatic rings. The van der Waals surface area contributed by atoms with Gasteiger partial charge in [0, 0.05) is 11.6 Å². The molecule has 2 nitrogen and oxygen atoms in total. The van der Waals surface area contributed by atoms with Crippen LogP contribution in [0.4, 0.5) is 0 Å². The van der Waals surface area contributed by atoms with E-state index in [2.05, 4.69) is 27.6 Å². The maximum absolute atomic E-state index is 10.1. The summed E-state index contributed by atoms with van der Waals surface area (Å²) in [5.41, 5.74) is 1.85. The second kappa shape index (κ2) is 5.60. The van der Waals surface area contributed by atoms with Crippen LogP contribution in [0.2, 0.25) is 0 Å². The first-order valence-corrected chi connectivity index (χ1v) is 6.59. The molecule has 0 aliphatic heterocycles. The van der Waals surface area contributed by atoms with Crippen LogP contribution in [0.3, 0.4) is 0 Å². The van der Waals surface area contributed by atoms with Gasteiger partial charge in [-0.1, -0.05) is 24.3 Å². The van der Waals surface area contributed by atoms with Crippen LogP contribution in [0.1, 0.15) is 25.0 Å². The highest BCUT2D eigenvalue weighted by molar-refractivity contribution is 14.1. The Bertz CT molecular complexity index is 547. The number of pyridine rings is 1. The minimum atomic E-state index is -0.453. The van der Waals surface area contributed by atoms with Crippen molar-refractivity contribution in [2.75, 3.05) is 0 Å². The molecule has 17 heavy (non-hydrogen) atoms. The SMILES string of the molecule is CC(I)=CC[C@@H](O)c1ccc2cccnc2c1. The molecule has 0 unspecified atom stereocenters. The van der Waals surface area contributed by atoms with Crippen molar-refractivity contribution in [1.82, 2.24) is 4.98 Å². The van der Waals surface area contributed by atoms with E-state index in [9.17, 15) is 5.11 Å². The Morgan fingerprint density at radius 3 is 3.06 bits per heavy atom. The Morgan fingerprint density at radius 1 is 1.47 bits per heavy atom. The molecule has 0 spiro atoms. The zero-order chi connectivity index (χ0) is 12.3. The van der Waals surface area contributed by atoms with Gasteiger partial charge in [0.15, 0.2) is 0 Å². The molecule has 0 saturated carbocycles. The summed E-state index contributed by atoms with van der Waals surface area (Å²) in [6, 6.07) is 9.86. The number of aliphatic hydroxyl groups is 1. The molecule has 1 atom stereocenters. The monoisotopic (exact) mass is 339 g/mol. The van der Waals surface area contributed by atoms with Gasteiger partial charge in [0.2, 0.25) is 0 Å². The smallest absolute Gasteiger partial charge is 0.0825 e. The van der Waals surface area contributed by atoms with E-state index in [1.807, 2.05) is 43.3 Å². The molecule has 0 radical (unpaired) electrons. The summed E-state index contributed by atoms with van der Waals surface area (Å²) in [7, 11) is 0. The minimum Gasteiger partial charge on any atom is -0.388 e. The molecule has 0 fully saturated rings. The number of nitrogens with zero attached hydrogens (tertiary/aromatic N) is 1. The van der Waals surface area contributed by atoms with Crippen LogP contribution >= 0.6 is 22.6 Å². The Morgan fingerprint density at radius 2 is 2.29 bits per heavy atom. The largest absolute Gasteiger partial charge is 0.388 e. The van der Waals surface area contributed by atoms with E-state index < -0.39 is 6.10 Å². The average molecular weight is 339 g/mol. The van der Waals surface area contributed by atoms with Crippen LogP contribution in [0.15, 0.2) is 46.2 Å². The molecule has 1 aromatic heterocycles. The van der Waals surface area contributed by atoms with E-state index in [0.717, 1.165) is 16.5 Å². The van der Waals surface area contributed by atoms with E-state index in [1.54, 1.807) is 6.20 Å². The van der Waals surface area contributed by atoms with Gasteiger partial charge in [-0.05, 0) is 57.2 Å². The summed E-state index contributed by atoms with van der Waals surface area (Å²) in [5.74, 6) is 0. The van der Waals surface area contributed by atoms with Crippen LogP contribution < -0.4 is 0 Å². The zero-order valence-electron chi connectivity index (χ0n) is 9.60. The summed E-state index contributed by atoms with van der Waals surface area (Å²) in [5, 5.41) is 11.2. The first-order chi connectivity index (χ1) is 8.16. The maximum atomic E-state index is 10.1. The topological polar surface area (TPSA) is 33.1 Å². The summed E-state index contributed by atoms with van der Waals surface area (Å²) < 4.78 is 1.19. The lowest BCUT2D eigenvalue weighted by Gasteiger charge is -2.09. The van der Waals surface area contributed by atoms with Crippen molar-refractivity contribution >= 4 is 33.5 Å². The molecule has 3 heteroatoms. The fraction of sp³-hybridized carbons (Fsp3) is 0.214. The number of rotatable bonds is 3. The molecule has 0 amide bonds. The lowest BCUT2D eigenvalue weighted by molar-refractivity contribution is 0.181. The third-order valence-electron chi connectivity index (χ3n) is 2.64. The van der Waals surface area contributed by atoms with Gasteiger partial charge in [0.1, 0.15) is 0 Å². The van der Waals surface area contributed by atoms with Gasteiger partial charge >= 0.3 is 0 Å². The Hall–Kier alpha value is -0.940. The van der Waals surface area contributed by atoms with Crippen molar-refractivity contribution in [3.8, 4) is 0 Å². The Labute approximate surface area is 115 Å². The van der Waals surface area contributed by atoms with E-state index >= 15 is 0 Å². The number of halogens is 1. The zero-order valence-corrected chi connectivity index (χ0v) is 11.8. The summed E-state index contributed by atoms with van der Waals surface area (Å²) in [6.07, 6.45) is 4.00. The Balaban J connectivity index is 2.26. The third kappa shape index (κ3) is 3.26. The van der Waals surface area contributed by atoms with Gasteiger partial charge in [-0.2, -0.15) is 0 Å². The van der Waals surface area contributed by atoms with Crippen LogP contribution in [-0.2, 0) is 0 Å². The van der Waals surface area contributed by atoms with Crippen molar-refractivity contribution in [3.63, 3.8) is 0 Å². The molecule has 0 saturated heterocycles. The average Bonchev–Trinajstić information content (AvgIpc) is 2.35. The van der Waals surface area contributed by atoms with Gasteiger partial charge < -0.3 is 5.11 Å². The Kier molecular flexibility index (Phi) is 4.12. The quantitative estimate of drug-likeness (QED) is 0.858. The molecule has 0 aliphatic carbocycles. The van der Waals surface area contributed by atoms with Crippen molar-refractivity contribution < 1.29 is 5.11 Å². The maximum Gasteiger partial charge on any atom is 0.0825 e. The number of aliphatic hydroxyl groups excluding tert-OH is 1. The highest BCUT2D eigenvalue weighted by Gasteiger charge is 2.06. The van der Waals surface area contributed by atoms with Crippen LogP contribution in [0.25, 0.3) is 10.9 Å². The lowest BCUT2D eigenvalue weighted by Crippen LogP contribution is -1.96. The molecule has 88 valence electrons. The van der Waals surface area contributed by atoms with E-state index in [-0.39, 0.29) is 0 Å². The number of hydrogen-bond acceptors (Lipinski definition) is 2. The van der Waals surface area contributed by atoms with Crippen molar-refractivity contribution in [2.24, 2.45) is 0 Å². The molecule has 1 heterocycles. The standard InChI is InChI=1S/C14H14INO/c1-10(15)4-7-14(17)12-6-5-11-3-2-8-16-13(11)9-12/h2-6,8-9,14,17H,7H2,1H3/t14-/m1/s1. The van der Waals surface area contributed by atoms with E-state index in [4.69, 9.17) is 0 Å². The van der Waals surface area contributed by atoms with Crippen molar-refractivity contribution in [3.05, 3.63) is 51.7 Å². The number of fused-ring (bicyclic) bond motifs is 1. The van der Waals surface area contributed by atoms with Gasteiger partial charge in [-0.15, -0.1) is 0 Å². The highest BCUT2D eigenvalue weighted by Crippen LogP contribution is 2.22. The predicted octanol–water partition coefficient (Wildman–Crippen LogP) is 4.00. The second-order valence-electron chi connectivity index (χ2n) is 4.00. The van der Waals surface area contributed by atoms with Gasteiger partial charge in [0.25, 0.3) is 0 Å². The molecule has 0 aliphatic rings. The van der Waals surface area contributed by atoms with Crippen LogP contribution in [-0.4, -0.2) is 10.1 Å². The van der Waals surface area contributed by atoms with Crippen LogP contribution in [0, 0.1) is 0 Å². The molecule has 1 aromatic carbocycles. The number of benzene rings is 1. The molecule has 0 bridgehead atoms. The van der Waals surface area contributed by atoms with E-state index in [0.29, 0.717) is 6.42 Å². The van der Waals surface area contributed by atoms with Crippen LogP contribution in [0.5, 0.6) is 0 Å². The third-order valence-corrected chi connectivity index (χ3v) is 3.08. The second-order valence-corrected chi connectivity index (χ2v) is 5.70. The van der Waals surface area contributed by atoms with Gasteiger partial charge in [-0.25, -0.2) is 0 Å². The molecule has 1 N–H and O–H groups in total. The number of allylic oxidation sites excluding steroid dienone is 1. The van der Waals surface area contributed by atoms with Gasteiger partial charge in [-0.3, -0.25) is 4.98 Å². The normalized spacial score (nSPS) is 13.9. The predicted molar refractivity (Wildman–Crippen MR) is 79.1 cm³/mol. The minimum absolute atomic E-state index is 0.453.